The van der Waals surface area contributed by atoms with Crippen molar-refractivity contribution in [2.75, 3.05) is 0 Å². The van der Waals surface area contributed by atoms with Crippen molar-refractivity contribution < 1.29 is 0 Å². The minimum Gasteiger partial charge on any atom is -0.310 e. The van der Waals surface area contributed by atoms with Gasteiger partial charge in [-0.2, -0.15) is 0 Å². The summed E-state index contributed by atoms with van der Waals surface area (Å²) < 4.78 is 0. The van der Waals surface area contributed by atoms with Gasteiger partial charge in [0.05, 0.1) is 0 Å². The van der Waals surface area contributed by atoms with Crippen LogP contribution in [0.5, 0.6) is 0 Å². The fourth-order valence-corrected chi connectivity index (χ4v) is 1.32. The van der Waals surface area contributed by atoms with E-state index in [0.717, 1.165) is 17.6 Å². The van der Waals surface area contributed by atoms with Crippen LogP contribution in [0.4, 0.5) is 0 Å². The van der Waals surface area contributed by atoms with Crippen molar-refractivity contribution in [1.29, 1.82) is 0 Å². The second-order valence-corrected chi connectivity index (χ2v) is 3.58. The molecule has 1 saturated carbocycles. The van der Waals surface area contributed by atoms with E-state index >= 15 is 0 Å². The largest absolute Gasteiger partial charge is 0.310 e. The molecular weight excluding hydrogens is 170 g/mol. The first-order valence-corrected chi connectivity index (χ1v) is 4.62. The van der Waals surface area contributed by atoms with Gasteiger partial charge in [0.25, 0.3) is 0 Å². The number of hydrogen-bond acceptors (Lipinski definition) is 1. The molecule has 1 radical (unpaired) electrons. The first-order valence-electron chi connectivity index (χ1n) is 4.24. The number of nitrogens with one attached hydrogen (secondary N) is 1. The highest BCUT2D eigenvalue weighted by atomic mass is 35.5. The maximum absolute atomic E-state index is 5.96. The van der Waals surface area contributed by atoms with Crippen molar-refractivity contribution in [2.24, 2.45) is 0 Å². The molecule has 0 amide bonds. The summed E-state index contributed by atoms with van der Waals surface area (Å²) in [6, 6.07) is 9.41. The minimum atomic E-state index is 0.741. The fraction of sp³-hybridized carbons (Fsp3) is 0.400. The van der Waals surface area contributed by atoms with Crippen molar-refractivity contribution in [2.45, 2.75) is 25.4 Å². The summed E-state index contributed by atoms with van der Waals surface area (Å²) in [5.74, 6) is 0. The van der Waals surface area contributed by atoms with Crippen LogP contribution in [0.3, 0.4) is 0 Å². The maximum atomic E-state index is 5.96. The second kappa shape index (κ2) is 3.46. The predicted octanol–water partition coefficient (Wildman–Crippen LogP) is 2.39. The van der Waals surface area contributed by atoms with E-state index in [0.29, 0.717) is 0 Å². The van der Waals surface area contributed by atoms with Gasteiger partial charge in [-0.05, 0) is 30.5 Å². The third kappa shape index (κ3) is 1.99. The van der Waals surface area contributed by atoms with Gasteiger partial charge in [0.15, 0.2) is 0 Å². The molecule has 1 N–H and O–H groups in total. The molecule has 1 aliphatic rings. The molecule has 0 bridgehead atoms. The Balaban J connectivity index is 1.96. The normalized spacial score (nSPS) is 16.4. The van der Waals surface area contributed by atoms with Crippen LogP contribution in [0.15, 0.2) is 18.2 Å². The summed E-state index contributed by atoms with van der Waals surface area (Å²) in [6.07, 6.45) is 2.63. The van der Waals surface area contributed by atoms with Gasteiger partial charge >= 0.3 is 0 Å². The van der Waals surface area contributed by atoms with Crippen LogP contribution in [0, 0.1) is 6.07 Å². The molecule has 0 heterocycles. The summed E-state index contributed by atoms with van der Waals surface area (Å²) in [4.78, 5) is 0. The highest BCUT2D eigenvalue weighted by Gasteiger charge is 2.20. The zero-order valence-corrected chi connectivity index (χ0v) is 7.56. The lowest BCUT2D eigenvalue weighted by Gasteiger charge is -2.03. The lowest BCUT2D eigenvalue weighted by atomic mass is 10.2. The Labute approximate surface area is 77.7 Å². The average Bonchev–Trinajstić information content (AvgIpc) is 2.86. The summed E-state index contributed by atoms with van der Waals surface area (Å²) in [7, 11) is 0. The van der Waals surface area contributed by atoms with Gasteiger partial charge in [-0.1, -0.05) is 23.7 Å². The van der Waals surface area contributed by atoms with E-state index in [-0.39, 0.29) is 0 Å². The minimum absolute atomic E-state index is 0.741. The van der Waals surface area contributed by atoms with Gasteiger partial charge in [0.1, 0.15) is 0 Å². The third-order valence-electron chi connectivity index (χ3n) is 2.06. The van der Waals surface area contributed by atoms with Gasteiger partial charge in [0.2, 0.25) is 0 Å². The number of hydrogen-bond donors (Lipinski definition) is 1. The lowest BCUT2D eigenvalue weighted by Crippen LogP contribution is -2.15. The quantitative estimate of drug-likeness (QED) is 0.754. The van der Waals surface area contributed by atoms with Crippen molar-refractivity contribution in [1.82, 2.24) is 5.32 Å². The Morgan fingerprint density at radius 2 is 2.42 bits per heavy atom. The Bertz CT molecular complexity index is 268. The van der Waals surface area contributed by atoms with E-state index < -0.39 is 0 Å². The zero-order valence-electron chi connectivity index (χ0n) is 6.81. The van der Waals surface area contributed by atoms with Crippen LogP contribution in [0.25, 0.3) is 0 Å². The van der Waals surface area contributed by atoms with Crippen LogP contribution in [-0.4, -0.2) is 6.04 Å². The van der Waals surface area contributed by atoms with Crippen LogP contribution < -0.4 is 5.32 Å². The molecule has 0 saturated heterocycles. The second-order valence-electron chi connectivity index (χ2n) is 3.17. The molecule has 12 heavy (non-hydrogen) atoms. The van der Waals surface area contributed by atoms with E-state index in [4.69, 9.17) is 11.6 Å². The van der Waals surface area contributed by atoms with E-state index in [1.165, 1.54) is 18.4 Å². The summed E-state index contributed by atoms with van der Waals surface area (Å²) in [6.45, 7) is 0.887. The highest BCUT2D eigenvalue weighted by Crippen LogP contribution is 2.21. The number of halogens is 1. The summed E-state index contributed by atoms with van der Waals surface area (Å²) in [5, 5.41) is 4.23. The van der Waals surface area contributed by atoms with Crippen LogP contribution in [0.2, 0.25) is 5.02 Å². The maximum Gasteiger partial charge on any atom is 0.0457 e. The van der Waals surface area contributed by atoms with Crippen molar-refractivity contribution in [3.63, 3.8) is 0 Å². The molecule has 1 aromatic rings. The molecule has 1 aromatic carbocycles. The molecule has 1 nitrogen and oxygen atoms in total. The van der Waals surface area contributed by atoms with Crippen LogP contribution in [0.1, 0.15) is 18.4 Å². The number of rotatable bonds is 3. The van der Waals surface area contributed by atoms with Gasteiger partial charge < -0.3 is 5.32 Å². The topological polar surface area (TPSA) is 12.0 Å². The van der Waals surface area contributed by atoms with Crippen LogP contribution in [-0.2, 0) is 6.54 Å². The van der Waals surface area contributed by atoms with Crippen LogP contribution >= 0.6 is 11.6 Å². The van der Waals surface area contributed by atoms with Crippen molar-refractivity contribution in [3.05, 3.63) is 34.9 Å². The fourth-order valence-electron chi connectivity index (χ4n) is 1.13. The first-order chi connectivity index (χ1) is 5.86. The Hall–Kier alpha value is -0.530. The molecule has 2 rings (SSSR count). The summed E-state index contributed by atoms with van der Waals surface area (Å²) in [5.41, 5.74) is 1.17. The summed E-state index contributed by atoms with van der Waals surface area (Å²) >= 11 is 5.96. The first kappa shape index (κ1) is 8.09. The number of benzene rings is 1. The molecular formula is C10H11ClN. The zero-order chi connectivity index (χ0) is 8.39. The van der Waals surface area contributed by atoms with Gasteiger partial charge in [-0.25, -0.2) is 0 Å². The monoisotopic (exact) mass is 180 g/mol. The van der Waals surface area contributed by atoms with E-state index in [1.54, 1.807) is 0 Å². The molecule has 2 heteroatoms. The molecule has 0 unspecified atom stereocenters. The standard InChI is InChI=1S/C10H11ClN/c11-10-4-2-1-3-8(10)7-12-9-5-6-9/h1,3-4,9,12H,5-7H2. The van der Waals surface area contributed by atoms with E-state index in [1.807, 2.05) is 18.2 Å². The van der Waals surface area contributed by atoms with Gasteiger partial charge in [-0.15, -0.1) is 0 Å². The van der Waals surface area contributed by atoms with E-state index in [9.17, 15) is 0 Å². The average molecular weight is 181 g/mol. The van der Waals surface area contributed by atoms with Crippen molar-refractivity contribution >= 4 is 11.6 Å². The van der Waals surface area contributed by atoms with Gasteiger partial charge in [0, 0.05) is 17.6 Å². The Kier molecular flexibility index (Phi) is 2.33. The molecule has 0 aliphatic heterocycles. The Morgan fingerprint density at radius 3 is 3.08 bits per heavy atom. The lowest BCUT2D eigenvalue weighted by molar-refractivity contribution is 0.688. The predicted molar refractivity (Wildman–Crippen MR) is 50.1 cm³/mol. The van der Waals surface area contributed by atoms with E-state index in [2.05, 4.69) is 11.4 Å². The van der Waals surface area contributed by atoms with Gasteiger partial charge in [-0.3, -0.25) is 0 Å². The molecule has 0 atom stereocenters. The third-order valence-corrected chi connectivity index (χ3v) is 2.41. The highest BCUT2D eigenvalue weighted by molar-refractivity contribution is 6.31. The molecule has 63 valence electrons. The molecule has 0 aromatic heterocycles. The smallest absolute Gasteiger partial charge is 0.0457 e. The van der Waals surface area contributed by atoms with Crippen molar-refractivity contribution in [3.8, 4) is 0 Å². The molecule has 0 spiro atoms. The Morgan fingerprint density at radius 1 is 1.58 bits per heavy atom. The molecule has 1 aliphatic carbocycles. The molecule has 1 fully saturated rings. The SMILES string of the molecule is Clc1c[c]ccc1CNC1CC1.